The van der Waals surface area contributed by atoms with E-state index in [0.29, 0.717) is 18.5 Å². The second-order valence-electron chi connectivity index (χ2n) is 3.81. The number of nitrogens with zero attached hydrogens (tertiary/aromatic N) is 1. The number of para-hydroxylation sites is 1. The van der Waals surface area contributed by atoms with Gasteiger partial charge in [-0.05, 0) is 24.3 Å². The van der Waals surface area contributed by atoms with Gasteiger partial charge in [-0.1, -0.05) is 29.8 Å². The summed E-state index contributed by atoms with van der Waals surface area (Å²) in [6.07, 6.45) is 1.96. The van der Waals surface area contributed by atoms with Crippen LogP contribution in [0.1, 0.15) is 16.8 Å². The maximum atomic E-state index is 11.9. The molecule has 0 radical (unpaired) electrons. The first-order valence-electron chi connectivity index (χ1n) is 5.70. The first kappa shape index (κ1) is 12.6. The van der Waals surface area contributed by atoms with Gasteiger partial charge in [0.05, 0.1) is 5.56 Å². The fourth-order valence-corrected chi connectivity index (χ4v) is 1.83. The number of halogens is 1. The number of hydrogen-bond acceptors (Lipinski definition) is 3. The Hall–Kier alpha value is -1.87. The molecule has 0 fully saturated rings. The molecule has 0 saturated carbocycles. The third-order valence-electron chi connectivity index (χ3n) is 2.51. The third kappa shape index (κ3) is 3.31. The van der Waals surface area contributed by atoms with Gasteiger partial charge in [-0.3, -0.25) is 4.79 Å². The maximum Gasteiger partial charge on any atom is 0.167 e. The van der Waals surface area contributed by atoms with Gasteiger partial charge in [-0.15, -0.1) is 0 Å². The summed E-state index contributed by atoms with van der Waals surface area (Å²) >= 11 is 5.86. The number of carbonyl (C=O) groups excluding carboxylic acids is 1. The minimum atomic E-state index is -0.00321. The summed E-state index contributed by atoms with van der Waals surface area (Å²) in [5, 5.41) is 3.45. The fraction of sp³-hybridized carbons (Fsp3) is 0.143. The molecule has 0 bridgehead atoms. The van der Waals surface area contributed by atoms with E-state index in [1.54, 1.807) is 18.3 Å². The van der Waals surface area contributed by atoms with Crippen molar-refractivity contribution in [3.05, 3.63) is 59.4 Å². The Labute approximate surface area is 111 Å². The summed E-state index contributed by atoms with van der Waals surface area (Å²) in [4.78, 5) is 15.8. The van der Waals surface area contributed by atoms with Crippen LogP contribution in [0.2, 0.25) is 5.15 Å². The normalized spacial score (nSPS) is 10.1. The number of rotatable bonds is 5. The van der Waals surface area contributed by atoms with Gasteiger partial charge in [-0.25, -0.2) is 4.98 Å². The van der Waals surface area contributed by atoms with E-state index in [1.165, 1.54) is 0 Å². The SMILES string of the molecule is O=C(CCNc1ccccc1)c1cccnc1Cl. The zero-order valence-electron chi connectivity index (χ0n) is 9.77. The highest BCUT2D eigenvalue weighted by atomic mass is 35.5. The van der Waals surface area contributed by atoms with Gasteiger partial charge in [0.15, 0.2) is 5.78 Å². The molecule has 0 saturated heterocycles. The topological polar surface area (TPSA) is 42.0 Å². The molecule has 1 aromatic carbocycles. The molecule has 0 aliphatic heterocycles. The van der Waals surface area contributed by atoms with Crippen molar-refractivity contribution in [1.29, 1.82) is 0 Å². The molecule has 2 aromatic rings. The van der Waals surface area contributed by atoms with Crippen molar-refractivity contribution in [1.82, 2.24) is 4.98 Å². The van der Waals surface area contributed by atoms with Gasteiger partial charge in [0.1, 0.15) is 5.15 Å². The predicted octanol–water partition coefficient (Wildman–Crippen LogP) is 3.42. The number of ketones is 1. The monoisotopic (exact) mass is 260 g/mol. The van der Waals surface area contributed by atoms with E-state index < -0.39 is 0 Å². The van der Waals surface area contributed by atoms with Crippen LogP contribution in [-0.4, -0.2) is 17.3 Å². The number of aromatic nitrogens is 1. The Bertz CT molecular complexity index is 528. The molecule has 3 nitrogen and oxygen atoms in total. The summed E-state index contributed by atoms with van der Waals surface area (Å²) in [5.74, 6) is -0.00321. The van der Waals surface area contributed by atoms with Gasteiger partial charge in [0.25, 0.3) is 0 Å². The molecular weight excluding hydrogens is 248 g/mol. The molecule has 1 aromatic heterocycles. The van der Waals surface area contributed by atoms with Crippen molar-refractivity contribution in [2.24, 2.45) is 0 Å². The molecule has 0 amide bonds. The molecule has 4 heteroatoms. The average molecular weight is 261 g/mol. The van der Waals surface area contributed by atoms with Crippen LogP contribution >= 0.6 is 11.6 Å². The number of pyridine rings is 1. The predicted molar refractivity (Wildman–Crippen MR) is 73.1 cm³/mol. The van der Waals surface area contributed by atoms with Crippen LogP contribution in [0, 0.1) is 0 Å². The molecular formula is C14H13ClN2O. The molecule has 2 rings (SSSR count). The molecule has 1 N–H and O–H groups in total. The number of hydrogen-bond donors (Lipinski definition) is 1. The van der Waals surface area contributed by atoms with Crippen LogP contribution in [0.3, 0.4) is 0 Å². The highest BCUT2D eigenvalue weighted by molar-refractivity contribution is 6.32. The van der Waals surface area contributed by atoms with Crippen LogP contribution in [0.25, 0.3) is 0 Å². The lowest BCUT2D eigenvalue weighted by Crippen LogP contribution is -2.09. The Morgan fingerprint density at radius 1 is 1.17 bits per heavy atom. The van der Waals surface area contributed by atoms with Crippen molar-refractivity contribution < 1.29 is 4.79 Å². The first-order valence-corrected chi connectivity index (χ1v) is 6.08. The molecule has 92 valence electrons. The van der Waals surface area contributed by atoms with E-state index in [0.717, 1.165) is 5.69 Å². The number of carbonyl (C=O) groups is 1. The number of Topliss-reactive ketones (excluding diaryl/α,β-unsaturated/α-hetero) is 1. The van der Waals surface area contributed by atoms with Gasteiger partial charge in [-0.2, -0.15) is 0 Å². The standard InChI is InChI=1S/C14H13ClN2O/c15-14-12(7-4-9-17-14)13(18)8-10-16-11-5-2-1-3-6-11/h1-7,9,16H,8,10H2. The van der Waals surface area contributed by atoms with E-state index in [2.05, 4.69) is 10.3 Å². The number of nitrogens with one attached hydrogen (secondary N) is 1. The zero-order chi connectivity index (χ0) is 12.8. The maximum absolute atomic E-state index is 11.9. The molecule has 0 aliphatic carbocycles. The van der Waals surface area contributed by atoms with Crippen molar-refractivity contribution in [3.63, 3.8) is 0 Å². The van der Waals surface area contributed by atoms with Crippen molar-refractivity contribution in [3.8, 4) is 0 Å². The second kappa shape index (κ2) is 6.17. The van der Waals surface area contributed by atoms with E-state index in [4.69, 9.17) is 11.6 Å². The lowest BCUT2D eigenvalue weighted by molar-refractivity contribution is 0.0986. The number of anilines is 1. The zero-order valence-corrected chi connectivity index (χ0v) is 10.5. The van der Waals surface area contributed by atoms with E-state index >= 15 is 0 Å². The third-order valence-corrected chi connectivity index (χ3v) is 2.82. The van der Waals surface area contributed by atoms with Crippen LogP contribution in [-0.2, 0) is 0 Å². The minimum absolute atomic E-state index is 0.00321. The quantitative estimate of drug-likeness (QED) is 0.662. The second-order valence-corrected chi connectivity index (χ2v) is 4.17. The molecule has 0 atom stereocenters. The summed E-state index contributed by atoms with van der Waals surface area (Å²) in [6, 6.07) is 13.2. The summed E-state index contributed by atoms with van der Waals surface area (Å²) < 4.78 is 0. The fourth-order valence-electron chi connectivity index (χ4n) is 1.61. The van der Waals surface area contributed by atoms with Crippen LogP contribution < -0.4 is 5.32 Å². The summed E-state index contributed by atoms with van der Waals surface area (Å²) in [5.41, 5.74) is 1.48. The van der Waals surface area contributed by atoms with Crippen molar-refractivity contribution >= 4 is 23.1 Å². The van der Waals surface area contributed by atoms with E-state index in [1.807, 2.05) is 30.3 Å². The number of benzene rings is 1. The summed E-state index contributed by atoms with van der Waals surface area (Å²) in [6.45, 7) is 0.577. The Morgan fingerprint density at radius 2 is 1.94 bits per heavy atom. The van der Waals surface area contributed by atoms with Gasteiger partial charge in [0.2, 0.25) is 0 Å². The molecule has 0 aliphatic rings. The largest absolute Gasteiger partial charge is 0.385 e. The van der Waals surface area contributed by atoms with Gasteiger partial charge in [0, 0.05) is 24.8 Å². The highest BCUT2D eigenvalue weighted by Gasteiger charge is 2.09. The van der Waals surface area contributed by atoms with Crippen LogP contribution in [0.5, 0.6) is 0 Å². The molecule has 1 heterocycles. The minimum Gasteiger partial charge on any atom is -0.385 e. The highest BCUT2D eigenvalue weighted by Crippen LogP contribution is 2.14. The van der Waals surface area contributed by atoms with Crippen LogP contribution in [0.4, 0.5) is 5.69 Å². The van der Waals surface area contributed by atoms with E-state index in [-0.39, 0.29) is 10.9 Å². The Kier molecular flexibility index (Phi) is 4.31. The van der Waals surface area contributed by atoms with Crippen LogP contribution in [0.15, 0.2) is 48.7 Å². The molecule has 0 spiro atoms. The summed E-state index contributed by atoms with van der Waals surface area (Å²) in [7, 11) is 0. The Morgan fingerprint density at radius 3 is 2.67 bits per heavy atom. The van der Waals surface area contributed by atoms with Gasteiger partial charge >= 0.3 is 0 Å². The lowest BCUT2D eigenvalue weighted by atomic mass is 10.1. The smallest absolute Gasteiger partial charge is 0.167 e. The van der Waals surface area contributed by atoms with E-state index in [9.17, 15) is 4.79 Å². The van der Waals surface area contributed by atoms with Crippen molar-refractivity contribution in [2.75, 3.05) is 11.9 Å². The lowest BCUT2D eigenvalue weighted by Gasteiger charge is -2.06. The van der Waals surface area contributed by atoms with Gasteiger partial charge < -0.3 is 5.32 Å². The van der Waals surface area contributed by atoms with Crippen molar-refractivity contribution in [2.45, 2.75) is 6.42 Å². The Balaban J connectivity index is 1.88. The first-order chi connectivity index (χ1) is 8.77. The molecule has 18 heavy (non-hydrogen) atoms. The average Bonchev–Trinajstić information content (AvgIpc) is 2.40. The molecule has 0 unspecified atom stereocenters.